The topological polar surface area (TPSA) is 72.7 Å². The third-order valence-electron chi connectivity index (χ3n) is 4.08. The van der Waals surface area contributed by atoms with Gasteiger partial charge in [0.2, 0.25) is 0 Å². The van der Waals surface area contributed by atoms with E-state index in [9.17, 15) is 14.9 Å². The minimum atomic E-state index is -0.438. The third kappa shape index (κ3) is 3.93. The molecule has 1 amide bonds. The van der Waals surface area contributed by atoms with Crippen LogP contribution in [0, 0.1) is 10.1 Å². The van der Waals surface area contributed by atoms with Crippen molar-refractivity contribution < 1.29 is 14.5 Å². The Hall–Kier alpha value is -2.54. The molecule has 3 rings (SSSR count). The van der Waals surface area contributed by atoms with Gasteiger partial charge in [-0.3, -0.25) is 14.9 Å². The van der Waals surface area contributed by atoms with Crippen LogP contribution in [-0.2, 0) is 0 Å². The first-order valence-electron chi connectivity index (χ1n) is 7.98. The summed E-state index contributed by atoms with van der Waals surface area (Å²) in [7, 11) is 1.59. The number of nitrogens with zero attached hydrogens (tertiary/aromatic N) is 2. The summed E-state index contributed by atoms with van der Waals surface area (Å²) in [6, 6.07) is 12.0. The van der Waals surface area contributed by atoms with E-state index in [1.165, 1.54) is 17.8 Å². The van der Waals surface area contributed by atoms with Crippen LogP contribution < -0.4 is 4.74 Å². The monoisotopic (exact) mass is 358 g/mol. The second kappa shape index (κ2) is 7.57. The van der Waals surface area contributed by atoms with Crippen LogP contribution in [0.5, 0.6) is 5.75 Å². The normalized spacial score (nSPS) is 13.7. The Balaban J connectivity index is 1.85. The number of carbonyl (C=O) groups excluding carboxylic acids is 1. The highest BCUT2D eigenvalue weighted by Crippen LogP contribution is 2.36. The molecule has 0 spiro atoms. The number of nitro benzene ring substituents is 1. The number of nitro groups is 1. The van der Waals surface area contributed by atoms with E-state index in [1.54, 1.807) is 36.3 Å². The van der Waals surface area contributed by atoms with Crippen molar-refractivity contribution in [3.63, 3.8) is 0 Å². The lowest BCUT2D eigenvalue weighted by atomic mass is 10.2. The molecule has 1 aliphatic rings. The molecule has 0 aliphatic carbocycles. The maximum atomic E-state index is 12.4. The maximum absolute atomic E-state index is 12.4. The van der Waals surface area contributed by atoms with Crippen LogP contribution in [0.3, 0.4) is 0 Å². The minimum Gasteiger partial charge on any atom is -0.497 e. The summed E-state index contributed by atoms with van der Waals surface area (Å²) in [5, 5.41) is 11.5. The largest absolute Gasteiger partial charge is 0.497 e. The second-order valence-electron chi connectivity index (χ2n) is 5.72. The molecule has 0 atom stereocenters. The Morgan fingerprint density at radius 1 is 1.16 bits per heavy atom. The standard InChI is InChI=1S/C18H18N2O4S/c1-24-14-5-7-15(8-6-14)25-17-9-4-13(12-16(17)20(22)23)18(21)19-10-2-3-11-19/h4-9,12H,2-3,10-11H2,1H3. The van der Waals surface area contributed by atoms with Crippen LogP contribution in [0.15, 0.2) is 52.3 Å². The number of benzene rings is 2. The molecule has 0 unspecified atom stereocenters. The highest BCUT2D eigenvalue weighted by atomic mass is 32.2. The summed E-state index contributed by atoms with van der Waals surface area (Å²) in [6.07, 6.45) is 1.97. The summed E-state index contributed by atoms with van der Waals surface area (Å²) in [5.41, 5.74) is 0.318. The fourth-order valence-corrected chi connectivity index (χ4v) is 3.65. The molecule has 130 valence electrons. The fraction of sp³-hybridized carbons (Fsp3) is 0.278. The van der Waals surface area contributed by atoms with Gasteiger partial charge in [-0.15, -0.1) is 0 Å². The molecule has 0 radical (unpaired) electrons. The number of methoxy groups -OCH3 is 1. The van der Waals surface area contributed by atoms with E-state index in [1.807, 2.05) is 12.1 Å². The van der Waals surface area contributed by atoms with Crippen molar-refractivity contribution >= 4 is 23.4 Å². The van der Waals surface area contributed by atoms with Crippen molar-refractivity contribution in [2.45, 2.75) is 22.6 Å². The van der Waals surface area contributed by atoms with E-state index in [0.717, 1.165) is 36.6 Å². The molecule has 2 aromatic rings. The van der Waals surface area contributed by atoms with Crippen LogP contribution in [0.2, 0.25) is 0 Å². The van der Waals surface area contributed by atoms with Gasteiger partial charge in [0.05, 0.1) is 16.9 Å². The van der Waals surface area contributed by atoms with Gasteiger partial charge in [0.1, 0.15) is 5.75 Å². The Kier molecular flexibility index (Phi) is 5.23. The van der Waals surface area contributed by atoms with Crippen molar-refractivity contribution in [1.82, 2.24) is 4.90 Å². The highest BCUT2D eigenvalue weighted by molar-refractivity contribution is 7.99. The van der Waals surface area contributed by atoms with Crippen LogP contribution in [0.25, 0.3) is 0 Å². The van der Waals surface area contributed by atoms with Gasteiger partial charge >= 0.3 is 0 Å². The zero-order valence-electron chi connectivity index (χ0n) is 13.8. The molecular weight excluding hydrogens is 340 g/mol. The average molecular weight is 358 g/mol. The number of amides is 1. The van der Waals surface area contributed by atoms with E-state index in [4.69, 9.17) is 4.74 Å². The molecule has 0 aromatic heterocycles. The lowest BCUT2D eigenvalue weighted by molar-refractivity contribution is -0.387. The van der Waals surface area contributed by atoms with E-state index in [2.05, 4.69) is 0 Å². The first-order chi connectivity index (χ1) is 12.1. The summed E-state index contributed by atoms with van der Waals surface area (Å²) in [6.45, 7) is 1.43. The predicted octanol–water partition coefficient (Wildman–Crippen LogP) is 3.99. The zero-order chi connectivity index (χ0) is 17.8. The summed E-state index contributed by atoms with van der Waals surface area (Å²) in [5.74, 6) is 0.590. The molecule has 1 aliphatic heterocycles. The summed E-state index contributed by atoms with van der Waals surface area (Å²) >= 11 is 1.29. The Morgan fingerprint density at radius 3 is 2.44 bits per heavy atom. The average Bonchev–Trinajstić information content (AvgIpc) is 3.16. The lowest BCUT2D eigenvalue weighted by Crippen LogP contribution is -2.27. The molecular formula is C18H18N2O4S. The maximum Gasteiger partial charge on any atom is 0.284 e. The van der Waals surface area contributed by atoms with Gasteiger partial charge in [-0.1, -0.05) is 11.8 Å². The Bertz CT molecular complexity index is 786. The van der Waals surface area contributed by atoms with Gasteiger partial charge in [-0.2, -0.15) is 0 Å². The number of hydrogen-bond acceptors (Lipinski definition) is 5. The number of likely N-dealkylation sites (tertiary alicyclic amines) is 1. The van der Waals surface area contributed by atoms with Crippen molar-refractivity contribution in [2.24, 2.45) is 0 Å². The van der Waals surface area contributed by atoms with Crippen molar-refractivity contribution in [2.75, 3.05) is 20.2 Å². The zero-order valence-corrected chi connectivity index (χ0v) is 14.6. The number of carbonyl (C=O) groups is 1. The molecule has 0 saturated carbocycles. The van der Waals surface area contributed by atoms with Gasteiger partial charge in [-0.25, -0.2) is 0 Å². The van der Waals surface area contributed by atoms with E-state index in [0.29, 0.717) is 10.5 Å². The van der Waals surface area contributed by atoms with E-state index < -0.39 is 4.92 Å². The predicted molar refractivity (Wildman–Crippen MR) is 95.4 cm³/mol. The second-order valence-corrected chi connectivity index (χ2v) is 6.83. The molecule has 0 N–H and O–H groups in total. The molecule has 6 nitrogen and oxygen atoms in total. The van der Waals surface area contributed by atoms with E-state index in [-0.39, 0.29) is 11.6 Å². The highest BCUT2D eigenvalue weighted by Gasteiger charge is 2.23. The Morgan fingerprint density at radius 2 is 1.84 bits per heavy atom. The number of rotatable bonds is 5. The SMILES string of the molecule is COc1ccc(Sc2ccc(C(=O)N3CCCC3)cc2[N+](=O)[O-])cc1. The molecule has 2 aromatic carbocycles. The van der Waals surface area contributed by atoms with Crippen molar-refractivity contribution in [3.05, 3.63) is 58.1 Å². The van der Waals surface area contributed by atoms with Crippen LogP contribution in [-0.4, -0.2) is 35.9 Å². The molecule has 1 fully saturated rings. The lowest BCUT2D eigenvalue weighted by Gasteiger charge is -2.15. The van der Waals surface area contributed by atoms with E-state index >= 15 is 0 Å². The smallest absolute Gasteiger partial charge is 0.284 e. The number of ether oxygens (including phenoxy) is 1. The van der Waals surface area contributed by atoms with Crippen molar-refractivity contribution in [1.29, 1.82) is 0 Å². The fourth-order valence-electron chi connectivity index (χ4n) is 2.75. The molecule has 25 heavy (non-hydrogen) atoms. The molecule has 0 bridgehead atoms. The number of hydrogen-bond donors (Lipinski definition) is 0. The Labute approximate surface area is 149 Å². The molecule has 1 saturated heterocycles. The summed E-state index contributed by atoms with van der Waals surface area (Å²) < 4.78 is 5.11. The van der Waals surface area contributed by atoms with Gasteiger partial charge in [0.25, 0.3) is 11.6 Å². The quantitative estimate of drug-likeness (QED) is 0.597. The first-order valence-corrected chi connectivity index (χ1v) is 8.80. The van der Waals surface area contributed by atoms with Crippen LogP contribution >= 0.6 is 11.8 Å². The first kappa shape index (κ1) is 17.3. The van der Waals surface area contributed by atoms with Crippen LogP contribution in [0.4, 0.5) is 5.69 Å². The van der Waals surface area contributed by atoms with Crippen LogP contribution in [0.1, 0.15) is 23.2 Å². The van der Waals surface area contributed by atoms with Crippen molar-refractivity contribution in [3.8, 4) is 5.75 Å². The van der Waals surface area contributed by atoms with Gasteiger partial charge in [-0.05, 0) is 49.2 Å². The third-order valence-corrected chi connectivity index (χ3v) is 5.16. The minimum absolute atomic E-state index is 0.0501. The molecule has 1 heterocycles. The van der Waals surface area contributed by atoms with Gasteiger partial charge in [0, 0.05) is 29.6 Å². The molecule has 7 heteroatoms. The summed E-state index contributed by atoms with van der Waals surface area (Å²) in [4.78, 5) is 26.6. The van der Waals surface area contributed by atoms with Gasteiger partial charge in [0.15, 0.2) is 0 Å². The van der Waals surface area contributed by atoms with Gasteiger partial charge < -0.3 is 9.64 Å².